The third-order valence-corrected chi connectivity index (χ3v) is 5.86. The van der Waals surface area contributed by atoms with Crippen LogP contribution in [0.15, 0.2) is 30.3 Å². The van der Waals surface area contributed by atoms with Crippen molar-refractivity contribution >= 4 is 5.91 Å². The Morgan fingerprint density at radius 1 is 0.882 bits per heavy atom. The molecule has 0 spiro atoms. The molecule has 186 valence electrons. The molecule has 0 aliphatic carbocycles. The van der Waals surface area contributed by atoms with Crippen molar-refractivity contribution in [3.8, 4) is 28.7 Å². The van der Waals surface area contributed by atoms with Crippen molar-refractivity contribution in [3.63, 3.8) is 0 Å². The van der Waals surface area contributed by atoms with Gasteiger partial charge in [-0.15, -0.1) is 0 Å². The van der Waals surface area contributed by atoms with Crippen molar-refractivity contribution < 1.29 is 33.2 Å². The van der Waals surface area contributed by atoms with E-state index < -0.39 is 0 Å². The molecule has 0 saturated carbocycles. The molecule has 1 heterocycles. The van der Waals surface area contributed by atoms with E-state index in [0.717, 1.165) is 24.2 Å². The highest BCUT2D eigenvalue weighted by atomic mass is 16.5. The standard InChI is InChI=1S/C25H34N2O7/c1-29-20-7-6-18(15-21(20)30-2)19(27-8-10-34-11-9-27)16-26-24(28)14-17-12-22(31-3)25(33-5)23(13-17)32-4/h6-7,12-13,15,19H,8-11,14,16H2,1-5H3,(H,26,28). The van der Waals surface area contributed by atoms with Crippen molar-refractivity contribution in [1.29, 1.82) is 0 Å². The number of morpholine rings is 1. The zero-order chi connectivity index (χ0) is 24.5. The molecule has 3 rings (SSSR count). The number of benzene rings is 2. The lowest BCUT2D eigenvalue weighted by Crippen LogP contribution is -2.44. The van der Waals surface area contributed by atoms with Gasteiger partial charge in [-0.3, -0.25) is 9.69 Å². The fraction of sp³-hybridized carbons (Fsp3) is 0.480. The van der Waals surface area contributed by atoms with E-state index in [4.69, 9.17) is 28.4 Å². The SMILES string of the molecule is COc1ccc(C(CNC(=O)Cc2cc(OC)c(OC)c(OC)c2)N2CCOCC2)cc1OC. The number of ether oxygens (including phenoxy) is 6. The Hall–Kier alpha value is -3.17. The van der Waals surface area contributed by atoms with Crippen LogP contribution in [0, 0.1) is 0 Å². The number of amides is 1. The molecule has 0 bridgehead atoms. The quantitative estimate of drug-likeness (QED) is 0.532. The number of hydrogen-bond acceptors (Lipinski definition) is 8. The highest BCUT2D eigenvalue weighted by molar-refractivity contribution is 5.79. The molecule has 1 aliphatic heterocycles. The fourth-order valence-electron chi connectivity index (χ4n) is 4.10. The van der Waals surface area contributed by atoms with Crippen LogP contribution < -0.4 is 29.0 Å². The van der Waals surface area contributed by atoms with Gasteiger partial charge in [0, 0.05) is 19.6 Å². The number of nitrogens with zero attached hydrogens (tertiary/aromatic N) is 1. The summed E-state index contributed by atoms with van der Waals surface area (Å²) in [6.45, 7) is 3.31. The summed E-state index contributed by atoms with van der Waals surface area (Å²) in [6, 6.07) is 9.40. The lowest BCUT2D eigenvalue weighted by atomic mass is 10.0. The topological polar surface area (TPSA) is 87.7 Å². The van der Waals surface area contributed by atoms with Gasteiger partial charge < -0.3 is 33.7 Å². The molecule has 34 heavy (non-hydrogen) atoms. The molecule has 1 fully saturated rings. The van der Waals surface area contributed by atoms with Gasteiger partial charge in [-0.1, -0.05) is 6.07 Å². The number of nitrogens with one attached hydrogen (secondary N) is 1. The average Bonchev–Trinajstić information content (AvgIpc) is 2.88. The molecule has 0 radical (unpaired) electrons. The van der Waals surface area contributed by atoms with Crippen LogP contribution in [-0.2, 0) is 16.0 Å². The van der Waals surface area contributed by atoms with E-state index in [-0.39, 0.29) is 18.4 Å². The molecular formula is C25H34N2O7. The number of carbonyl (C=O) groups excluding carboxylic acids is 1. The molecule has 1 saturated heterocycles. The van der Waals surface area contributed by atoms with Crippen molar-refractivity contribution in [2.45, 2.75) is 12.5 Å². The van der Waals surface area contributed by atoms with Gasteiger partial charge >= 0.3 is 0 Å². The van der Waals surface area contributed by atoms with Gasteiger partial charge in [-0.25, -0.2) is 0 Å². The van der Waals surface area contributed by atoms with Gasteiger partial charge in [0.05, 0.1) is 61.2 Å². The lowest BCUT2D eigenvalue weighted by molar-refractivity contribution is -0.120. The summed E-state index contributed by atoms with van der Waals surface area (Å²) in [4.78, 5) is 15.2. The highest BCUT2D eigenvalue weighted by Gasteiger charge is 2.25. The van der Waals surface area contributed by atoms with Crippen molar-refractivity contribution in [1.82, 2.24) is 10.2 Å². The zero-order valence-corrected chi connectivity index (χ0v) is 20.5. The van der Waals surface area contributed by atoms with E-state index in [2.05, 4.69) is 10.2 Å². The first-order chi connectivity index (χ1) is 16.5. The van der Waals surface area contributed by atoms with E-state index in [1.165, 1.54) is 0 Å². The summed E-state index contributed by atoms with van der Waals surface area (Å²) in [6.07, 6.45) is 0.179. The van der Waals surface area contributed by atoms with Crippen LogP contribution in [0.25, 0.3) is 0 Å². The molecule has 1 amide bonds. The summed E-state index contributed by atoms with van der Waals surface area (Å²) in [7, 11) is 7.88. The largest absolute Gasteiger partial charge is 0.493 e. The predicted octanol–water partition coefficient (Wildman–Crippen LogP) is 2.46. The Labute approximate surface area is 200 Å². The minimum atomic E-state index is -0.104. The van der Waals surface area contributed by atoms with Crippen LogP contribution in [0.4, 0.5) is 0 Å². The minimum absolute atomic E-state index is 0.0346. The highest BCUT2D eigenvalue weighted by Crippen LogP contribution is 2.38. The molecule has 2 aromatic rings. The van der Waals surface area contributed by atoms with Crippen LogP contribution in [0.1, 0.15) is 17.2 Å². The Morgan fingerprint density at radius 2 is 1.50 bits per heavy atom. The molecule has 1 atom stereocenters. The van der Waals surface area contributed by atoms with Gasteiger partial charge in [0.15, 0.2) is 23.0 Å². The van der Waals surface area contributed by atoms with E-state index in [0.29, 0.717) is 48.5 Å². The Morgan fingerprint density at radius 3 is 2.06 bits per heavy atom. The third-order valence-electron chi connectivity index (χ3n) is 5.86. The lowest BCUT2D eigenvalue weighted by Gasteiger charge is -2.35. The number of hydrogen-bond donors (Lipinski definition) is 1. The van der Waals surface area contributed by atoms with E-state index in [1.807, 2.05) is 18.2 Å². The molecule has 1 aliphatic rings. The first-order valence-electron chi connectivity index (χ1n) is 11.1. The first-order valence-corrected chi connectivity index (χ1v) is 11.1. The van der Waals surface area contributed by atoms with Crippen LogP contribution in [0.2, 0.25) is 0 Å². The number of rotatable bonds is 11. The summed E-state index contributed by atoms with van der Waals surface area (Å²) in [5, 5.41) is 3.09. The van der Waals surface area contributed by atoms with Crippen molar-refractivity contribution in [3.05, 3.63) is 41.5 Å². The molecule has 9 heteroatoms. The van der Waals surface area contributed by atoms with E-state index in [9.17, 15) is 4.79 Å². The van der Waals surface area contributed by atoms with Gasteiger partial charge in [0.2, 0.25) is 11.7 Å². The summed E-state index contributed by atoms with van der Waals surface area (Å²) < 4.78 is 32.6. The van der Waals surface area contributed by atoms with Gasteiger partial charge in [0.1, 0.15) is 0 Å². The number of carbonyl (C=O) groups is 1. The van der Waals surface area contributed by atoms with E-state index in [1.54, 1.807) is 47.7 Å². The second-order valence-electron chi connectivity index (χ2n) is 7.79. The second-order valence-corrected chi connectivity index (χ2v) is 7.79. The zero-order valence-electron chi connectivity index (χ0n) is 20.5. The van der Waals surface area contributed by atoms with Crippen LogP contribution in [0.3, 0.4) is 0 Å². The normalized spacial score (nSPS) is 14.7. The van der Waals surface area contributed by atoms with Crippen LogP contribution >= 0.6 is 0 Å². The summed E-state index contributed by atoms with van der Waals surface area (Å²) >= 11 is 0. The van der Waals surface area contributed by atoms with Gasteiger partial charge in [-0.2, -0.15) is 0 Å². The predicted molar refractivity (Wildman–Crippen MR) is 127 cm³/mol. The molecular weight excluding hydrogens is 440 g/mol. The average molecular weight is 475 g/mol. The van der Waals surface area contributed by atoms with Gasteiger partial charge in [0.25, 0.3) is 0 Å². The number of methoxy groups -OCH3 is 5. The first kappa shape index (κ1) is 25.5. The molecule has 1 unspecified atom stereocenters. The maximum Gasteiger partial charge on any atom is 0.224 e. The van der Waals surface area contributed by atoms with Gasteiger partial charge in [-0.05, 0) is 35.4 Å². The third kappa shape index (κ3) is 6.03. The smallest absolute Gasteiger partial charge is 0.224 e. The Kier molecular flexibility index (Phi) is 9.24. The van der Waals surface area contributed by atoms with E-state index >= 15 is 0 Å². The van der Waals surface area contributed by atoms with Crippen LogP contribution in [0.5, 0.6) is 28.7 Å². The molecule has 9 nitrogen and oxygen atoms in total. The Balaban J connectivity index is 1.76. The molecule has 1 N–H and O–H groups in total. The molecule has 2 aromatic carbocycles. The maximum absolute atomic E-state index is 12.9. The molecule has 0 aromatic heterocycles. The summed E-state index contributed by atoms with van der Waals surface area (Å²) in [5.74, 6) is 2.74. The Bertz CT molecular complexity index is 935. The van der Waals surface area contributed by atoms with Crippen molar-refractivity contribution in [2.24, 2.45) is 0 Å². The van der Waals surface area contributed by atoms with Crippen molar-refractivity contribution in [2.75, 3.05) is 68.4 Å². The minimum Gasteiger partial charge on any atom is -0.493 e. The summed E-state index contributed by atoms with van der Waals surface area (Å²) in [5.41, 5.74) is 1.80. The monoisotopic (exact) mass is 474 g/mol. The van der Waals surface area contributed by atoms with Crippen LogP contribution in [-0.4, -0.2) is 79.2 Å². The maximum atomic E-state index is 12.9. The second kappa shape index (κ2) is 12.3. The fourth-order valence-corrected chi connectivity index (χ4v) is 4.10.